The summed E-state index contributed by atoms with van der Waals surface area (Å²) >= 11 is 0.779. The molecule has 0 atom stereocenters. The Bertz CT molecular complexity index is 339. The van der Waals surface area contributed by atoms with Gasteiger partial charge >= 0.3 is 6.18 Å². The molecule has 0 saturated carbocycles. The highest BCUT2D eigenvalue weighted by Crippen LogP contribution is 2.30. The van der Waals surface area contributed by atoms with Crippen LogP contribution < -0.4 is 10.6 Å². The van der Waals surface area contributed by atoms with Gasteiger partial charge in [-0.3, -0.25) is 0 Å². The van der Waals surface area contributed by atoms with Gasteiger partial charge < -0.3 is 10.6 Å². The van der Waals surface area contributed by atoms with E-state index < -0.39 is 12.0 Å². The number of rotatable bonds is 6. The van der Waals surface area contributed by atoms with Gasteiger partial charge in [-0.25, -0.2) is 0 Å². The lowest BCUT2D eigenvalue weighted by Crippen LogP contribution is -2.27. The van der Waals surface area contributed by atoms with Crippen molar-refractivity contribution < 1.29 is 13.2 Å². The quantitative estimate of drug-likeness (QED) is 0.858. The highest BCUT2D eigenvalue weighted by atomic mass is 32.1. The zero-order valence-electron chi connectivity index (χ0n) is 9.50. The van der Waals surface area contributed by atoms with Gasteiger partial charge in [0.25, 0.3) is 0 Å². The van der Waals surface area contributed by atoms with Crippen molar-refractivity contribution in [3.63, 3.8) is 0 Å². The number of hydrogen-bond acceptors (Lipinski definition) is 5. The Labute approximate surface area is 102 Å². The van der Waals surface area contributed by atoms with Crippen molar-refractivity contribution in [1.82, 2.24) is 9.36 Å². The monoisotopic (exact) mass is 268 g/mol. The molecule has 0 bridgehead atoms. The minimum atomic E-state index is -4.47. The Morgan fingerprint density at radius 1 is 1.35 bits per heavy atom. The summed E-state index contributed by atoms with van der Waals surface area (Å²) in [6, 6.07) is 0. The maximum Gasteiger partial charge on any atom is 0.452 e. The first kappa shape index (κ1) is 14.2. The average Bonchev–Trinajstić information content (AvgIpc) is 2.72. The summed E-state index contributed by atoms with van der Waals surface area (Å²) in [7, 11) is 0. The van der Waals surface area contributed by atoms with Gasteiger partial charge in [0.05, 0.1) is 0 Å². The lowest BCUT2D eigenvalue weighted by molar-refractivity contribution is -0.144. The van der Waals surface area contributed by atoms with Crippen molar-refractivity contribution in [3.8, 4) is 0 Å². The zero-order valence-corrected chi connectivity index (χ0v) is 10.3. The van der Waals surface area contributed by atoms with Gasteiger partial charge in [0.1, 0.15) is 0 Å². The Balaban J connectivity index is 2.76. The Hall–Kier alpha value is -0.890. The normalized spacial score (nSPS) is 11.8. The van der Waals surface area contributed by atoms with Crippen LogP contribution in [0.3, 0.4) is 0 Å². The number of halogens is 3. The summed E-state index contributed by atoms with van der Waals surface area (Å²) in [6.45, 7) is 3.73. The van der Waals surface area contributed by atoms with Crippen LogP contribution in [0.4, 0.5) is 18.3 Å². The smallest absolute Gasteiger partial charge is 0.347 e. The third kappa shape index (κ3) is 4.12. The first-order valence-electron chi connectivity index (χ1n) is 5.35. The molecule has 1 aromatic heterocycles. The van der Waals surface area contributed by atoms with E-state index in [2.05, 4.69) is 9.36 Å². The van der Waals surface area contributed by atoms with Crippen molar-refractivity contribution in [2.75, 3.05) is 24.5 Å². The second-order valence-corrected chi connectivity index (χ2v) is 4.26. The number of hydrogen-bond donors (Lipinski definition) is 1. The third-order valence-electron chi connectivity index (χ3n) is 2.07. The van der Waals surface area contributed by atoms with E-state index in [1.807, 2.05) is 6.92 Å². The molecular formula is C9H15F3N4S. The van der Waals surface area contributed by atoms with Gasteiger partial charge in [-0.1, -0.05) is 6.92 Å². The zero-order chi connectivity index (χ0) is 12.9. The Kier molecular flexibility index (Phi) is 5.13. The maximum atomic E-state index is 12.3. The molecule has 0 fully saturated rings. The lowest BCUT2D eigenvalue weighted by atomic mass is 10.3. The van der Waals surface area contributed by atoms with Crippen LogP contribution in [-0.4, -0.2) is 29.0 Å². The van der Waals surface area contributed by atoms with Crippen LogP contribution >= 0.6 is 11.5 Å². The summed E-state index contributed by atoms with van der Waals surface area (Å²) in [5.74, 6) is -1.06. The van der Waals surface area contributed by atoms with Crippen LogP contribution in [0, 0.1) is 0 Å². The summed E-state index contributed by atoms with van der Waals surface area (Å²) in [5.41, 5.74) is 5.39. The van der Waals surface area contributed by atoms with Gasteiger partial charge in [-0.15, -0.1) is 0 Å². The SMILES string of the molecule is CCCN(CCCN)c1nc(C(F)(F)F)ns1. The van der Waals surface area contributed by atoms with E-state index in [4.69, 9.17) is 5.73 Å². The number of nitrogens with zero attached hydrogens (tertiary/aromatic N) is 3. The van der Waals surface area contributed by atoms with Gasteiger partial charge in [-0.2, -0.15) is 22.5 Å². The predicted molar refractivity (Wildman–Crippen MR) is 61.1 cm³/mol. The summed E-state index contributed by atoms with van der Waals surface area (Å²) in [4.78, 5) is 5.31. The fraction of sp³-hybridized carbons (Fsp3) is 0.778. The van der Waals surface area contributed by atoms with Crippen LogP contribution in [0.5, 0.6) is 0 Å². The molecule has 2 N–H and O–H groups in total. The van der Waals surface area contributed by atoms with Crippen LogP contribution in [0.25, 0.3) is 0 Å². The fourth-order valence-corrected chi connectivity index (χ4v) is 2.05. The van der Waals surface area contributed by atoms with E-state index in [1.54, 1.807) is 4.90 Å². The first-order valence-corrected chi connectivity index (χ1v) is 6.12. The minimum absolute atomic E-state index is 0.313. The number of alkyl halides is 3. The van der Waals surface area contributed by atoms with Gasteiger partial charge in [0.15, 0.2) is 0 Å². The number of anilines is 1. The van der Waals surface area contributed by atoms with Crippen LogP contribution in [-0.2, 0) is 6.18 Å². The molecule has 4 nitrogen and oxygen atoms in total. The van der Waals surface area contributed by atoms with Crippen molar-refractivity contribution in [1.29, 1.82) is 0 Å². The lowest BCUT2D eigenvalue weighted by Gasteiger charge is -2.19. The van der Waals surface area contributed by atoms with Crippen LogP contribution in [0.15, 0.2) is 0 Å². The second kappa shape index (κ2) is 6.15. The highest BCUT2D eigenvalue weighted by Gasteiger charge is 2.36. The molecule has 0 radical (unpaired) electrons. The molecule has 98 valence electrons. The van der Waals surface area contributed by atoms with E-state index in [-0.39, 0.29) is 0 Å². The van der Waals surface area contributed by atoms with E-state index in [0.717, 1.165) is 24.4 Å². The van der Waals surface area contributed by atoms with E-state index >= 15 is 0 Å². The van der Waals surface area contributed by atoms with Crippen molar-refractivity contribution in [2.45, 2.75) is 25.9 Å². The number of aromatic nitrogens is 2. The molecule has 0 aliphatic carbocycles. The summed E-state index contributed by atoms with van der Waals surface area (Å²) in [6.07, 6.45) is -2.91. The Morgan fingerprint density at radius 2 is 2.06 bits per heavy atom. The maximum absolute atomic E-state index is 12.3. The largest absolute Gasteiger partial charge is 0.452 e. The van der Waals surface area contributed by atoms with Crippen molar-refractivity contribution in [3.05, 3.63) is 5.82 Å². The molecule has 17 heavy (non-hydrogen) atoms. The molecule has 0 saturated heterocycles. The molecule has 0 unspecified atom stereocenters. The molecule has 1 rings (SSSR count). The molecule has 0 aliphatic rings. The van der Waals surface area contributed by atoms with Gasteiger partial charge in [0.2, 0.25) is 11.0 Å². The molecule has 8 heteroatoms. The predicted octanol–water partition coefficient (Wildman–Crippen LogP) is 2.12. The van der Waals surface area contributed by atoms with E-state index in [9.17, 15) is 13.2 Å². The summed E-state index contributed by atoms with van der Waals surface area (Å²) in [5, 5.41) is 0.313. The molecule has 1 heterocycles. The van der Waals surface area contributed by atoms with Gasteiger partial charge in [-0.05, 0) is 19.4 Å². The minimum Gasteiger partial charge on any atom is -0.347 e. The first-order chi connectivity index (χ1) is 7.99. The molecule has 1 aromatic rings. The molecular weight excluding hydrogens is 253 g/mol. The van der Waals surface area contributed by atoms with E-state index in [0.29, 0.717) is 24.8 Å². The van der Waals surface area contributed by atoms with E-state index in [1.165, 1.54) is 0 Å². The molecule has 0 aromatic carbocycles. The van der Waals surface area contributed by atoms with Crippen molar-refractivity contribution in [2.24, 2.45) is 5.73 Å². The topological polar surface area (TPSA) is 55.0 Å². The van der Waals surface area contributed by atoms with Crippen LogP contribution in [0.1, 0.15) is 25.6 Å². The Morgan fingerprint density at radius 3 is 2.53 bits per heavy atom. The second-order valence-electron chi connectivity index (χ2n) is 3.53. The molecule has 0 spiro atoms. The molecule has 0 aliphatic heterocycles. The number of nitrogens with two attached hydrogens (primary N) is 1. The third-order valence-corrected chi connectivity index (χ3v) is 2.84. The summed E-state index contributed by atoms with van der Waals surface area (Å²) < 4.78 is 40.4. The van der Waals surface area contributed by atoms with Crippen LogP contribution in [0.2, 0.25) is 0 Å². The fourth-order valence-electron chi connectivity index (χ4n) is 1.31. The average molecular weight is 268 g/mol. The highest BCUT2D eigenvalue weighted by molar-refractivity contribution is 7.09. The standard InChI is InChI=1S/C9H15F3N4S/c1-2-5-16(6-3-4-13)8-14-7(15-17-8)9(10,11)12/h2-6,13H2,1H3. The van der Waals surface area contributed by atoms with Gasteiger partial charge in [0, 0.05) is 24.6 Å². The van der Waals surface area contributed by atoms with Crippen molar-refractivity contribution >= 4 is 16.7 Å². The molecule has 0 amide bonds.